The third kappa shape index (κ3) is 12.8. The molecule has 8 heteroatoms. The molecule has 0 aromatic carbocycles. The molecule has 2 atom stereocenters. The van der Waals surface area contributed by atoms with Gasteiger partial charge in [-0.25, -0.2) is 0 Å². The Morgan fingerprint density at radius 1 is 1.29 bits per heavy atom. The van der Waals surface area contributed by atoms with Crippen LogP contribution in [0.2, 0.25) is 0 Å². The first-order valence-corrected chi connectivity index (χ1v) is 6.73. The minimum absolute atomic E-state index is 0.388. The molecule has 0 aromatic rings. The molecule has 0 aromatic heterocycles. The Kier molecular flexibility index (Phi) is 12.0. The van der Waals surface area contributed by atoms with E-state index >= 15 is 0 Å². The summed E-state index contributed by atoms with van der Waals surface area (Å²) in [6.45, 7) is 3.32. The van der Waals surface area contributed by atoms with Gasteiger partial charge in [-0.2, -0.15) is 0 Å². The average molecular weight is 303 g/mol. The van der Waals surface area contributed by atoms with Crippen LogP contribution in [0.5, 0.6) is 0 Å². The van der Waals surface area contributed by atoms with Gasteiger partial charge >= 0.3 is 5.97 Å². The van der Waals surface area contributed by atoms with Gasteiger partial charge in [-0.1, -0.05) is 20.3 Å². The van der Waals surface area contributed by atoms with Gasteiger partial charge in [0.15, 0.2) is 5.78 Å². The number of Topliss-reactive ketones (excluding diaryl/α,β-unsaturated/α-hetero) is 1. The Morgan fingerprint density at radius 2 is 1.81 bits per heavy atom. The van der Waals surface area contributed by atoms with E-state index in [1.165, 1.54) is 0 Å². The van der Waals surface area contributed by atoms with Gasteiger partial charge in [0.1, 0.15) is 12.0 Å². The van der Waals surface area contributed by atoms with E-state index in [4.69, 9.17) is 22.0 Å². The third-order valence-electron chi connectivity index (χ3n) is 2.81. The lowest BCUT2D eigenvalue weighted by Crippen LogP contribution is -2.45. The number of carboxylic acids is 2. The van der Waals surface area contributed by atoms with Crippen molar-refractivity contribution in [3.8, 4) is 0 Å². The Hall–Kier alpha value is -1.96. The number of amidine groups is 1. The summed E-state index contributed by atoms with van der Waals surface area (Å²) < 4.78 is 0. The number of carboxylic acid groups (broad SMARTS) is 2. The zero-order valence-corrected chi connectivity index (χ0v) is 12.5. The van der Waals surface area contributed by atoms with E-state index in [1.807, 2.05) is 0 Å². The van der Waals surface area contributed by atoms with Gasteiger partial charge in [0.25, 0.3) is 0 Å². The highest BCUT2D eigenvalue weighted by Gasteiger charge is 2.10. The van der Waals surface area contributed by atoms with Crippen LogP contribution >= 0.6 is 0 Å². The van der Waals surface area contributed by atoms with Crippen LogP contribution in [0.25, 0.3) is 0 Å². The van der Waals surface area contributed by atoms with E-state index in [9.17, 15) is 19.5 Å². The van der Waals surface area contributed by atoms with Crippen LogP contribution in [0.1, 0.15) is 46.0 Å². The molecule has 0 heterocycles. The van der Waals surface area contributed by atoms with E-state index in [1.54, 1.807) is 13.8 Å². The Bertz CT molecular complexity index is 371. The number of ketones is 1. The largest absolute Gasteiger partial charge is 0.542 e. The minimum Gasteiger partial charge on any atom is -0.542 e. The summed E-state index contributed by atoms with van der Waals surface area (Å²) in [5.41, 5.74) is 10.5. The number of hydrogen-bond donors (Lipinski definition) is 4. The lowest BCUT2D eigenvalue weighted by atomic mass is 10.0. The van der Waals surface area contributed by atoms with Gasteiger partial charge in [0, 0.05) is 12.3 Å². The molecule has 0 bridgehead atoms. The molecule has 0 radical (unpaired) electrons. The third-order valence-corrected chi connectivity index (χ3v) is 2.81. The Balaban J connectivity index is 0. The van der Waals surface area contributed by atoms with E-state index < -0.39 is 29.7 Å². The highest BCUT2D eigenvalue weighted by Crippen LogP contribution is 2.01. The van der Waals surface area contributed by atoms with E-state index in [0.717, 1.165) is 12.8 Å². The maximum atomic E-state index is 10.4. The first-order chi connectivity index (χ1) is 9.63. The first kappa shape index (κ1) is 21.3. The summed E-state index contributed by atoms with van der Waals surface area (Å²) in [5.74, 6) is -3.37. The summed E-state index contributed by atoms with van der Waals surface area (Å²) in [6.07, 6.45) is 3.19. The molecule has 0 saturated heterocycles. The zero-order chi connectivity index (χ0) is 17.0. The molecule has 0 amide bonds. The smallest absolute Gasteiger partial charge is 0.320 e. The maximum Gasteiger partial charge on any atom is 0.320 e. The van der Waals surface area contributed by atoms with Gasteiger partial charge in [0.05, 0.1) is 0 Å². The van der Waals surface area contributed by atoms with Crippen LogP contribution in [-0.4, -0.2) is 34.7 Å². The highest BCUT2D eigenvalue weighted by atomic mass is 16.4. The van der Waals surface area contributed by atoms with E-state index in [-0.39, 0.29) is 0 Å². The molecule has 0 aliphatic heterocycles. The molecule has 0 fully saturated rings. The van der Waals surface area contributed by atoms with Crippen LogP contribution in [0, 0.1) is 5.92 Å². The molecule has 0 spiro atoms. The monoisotopic (exact) mass is 303 g/mol. The van der Waals surface area contributed by atoms with E-state index in [0.29, 0.717) is 25.1 Å². The van der Waals surface area contributed by atoms with Crippen molar-refractivity contribution in [1.82, 2.24) is 0 Å². The molecule has 8 nitrogen and oxygen atoms in total. The van der Waals surface area contributed by atoms with Crippen molar-refractivity contribution in [3.63, 3.8) is 0 Å². The predicted molar refractivity (Wildman–Crippen MR) is 74.7 cm³/mol. The van der Waals surface area contributed by atoms with Crippen LogP contribution in [0.15, 0.2) is 0 Å². The normalized spacial score (nSPS) is 12.5. The summed E-state index contributed by atoms with van der Waals surface area (Å²) >= 11 is 0. The summed E-state index contributed by atoms with van der Waals surface area (Å²) in [5, 5.41) is 23.5. The van der Waals surface area contributed by atoms with Crippen molar-refractivity contribution < 1.29 is 30.0 Å². The van der Waals surface area contributed by atoms with E-state index in [2.05, 4.69) is 0 Å². The predicted octanol–water partition coefficient (Wildman–Crippen LogP) is -2.57. The number of rotatable bonds is 9. The molecular weight excluding hydrogens is 278 g/mol. The summed E-state index contributed by atoms with van der Waals surface area (Å²) in [6, 6.07) is -0.760. The second-order valence-corrected chi connectivity index (χ2v) is 4.73. The van der Waals surface area contributed by atoms with Gasteiger partial charge in [0.2, 0.25) is 5.84 Å². The second kappa shape index (κ2) is 11.8. The fourth-order valence-electron chi connectivity index (χ4n) is 1.20. The van der Waals surface area contributed by atoms with Crippen LogP contribution in [0.3, 0.4) is 0 Å². The maximum absolute atomic E-state index is 10.4. The average Bonchev–Trinajstić information content (AvgIpc) is 2.41. The number of hydrogen-bond acceptors (Lipinski definition) is 5. The summed E-state index contributed by atoms with van der Waals surface area (Å²) in [4.78, 5) is 30.5. The second-order valence-electron chi connectivity index (χ2n) is 4.73. The number of nitrogens with two attached hydrogens (primary N) is 3. The van der Waals surface area contributed by atoms with Gasteiger partial charge in [-0.15, -0.1) is 0 Å². The molecule has 0 aliphatic carbocycles. The fourth-order valence-corrected chi connectivity index (χ4v) is 1.20. The minimum atomic E-state index is -1.58. The molecule has 21 heavy (non-hydrogen) atoms. The molecule has 1 unspecified atom stereocenters. The highest BCUT2D eigenvalue weighted by molar-refractivity contribution is 6.32. The van der Waals surface area contributed by atoms with Crippen molar-refractivity contribution in [2.24, 2.45) is 17.4 Å². The topological polar surface area (TPSA) is 172 Å². The fraction of sp³-hybridized carbons (Fsp3) is 0.692. The number of carbonyl (C=O) groups excluding carboxylic acids is 2. The molecule has 122 valence electrons. The van der Waals surface area contributed by atoms with Crippen molar-refractivity contribution in [3.05, 3.63) is 0 Å². The number of aliphatic carboxylic acids is 2. The lowest BCUT2D eigenvalue weighted by molar-refractivity contribution is -0.300. The summed E-state index contributed by atoms with van der Waals surface area (Å²) in [7, 11) is 0. The Morgan fingerprint density at radius 3 is 2.10 bits per heavy atom. The SMILES string of the molecule is CCC(C)C(=O)C(=O)[O-].NC(=[NH2+])CCCC[C@H](N)C(=O)O. The van der Waals surface area contributed by atoms with Crippen molar-refractivity contribution in [1.29, 1.82) is 0 Å². The molecule has 7 N–H and O–H groups in total. The van der Waals surface area contributed by atoms with Crippen LogP contribution < -0.4 is 22.0 Å². The quantitative estimate of drug-likeness (QED) is 0.157. The number of unbranched alkanes of at least 4 members (excludes halogenated alkanes) is 1. The van der Waals surface area contributed by atoms with Gasteiger partial charge in [-0.05, 0) is 19.3 Å². The molecular formula is C13H25N3O5. The molecule has 0 saturated carbocycles. The Labute approximate surface area is 124 Å². The number of carbonyl (C=O) groups is 3. The van der Waals surface area contributed by atoms with Crippen molar-refractivity contribution in [2.45, 2.75) is 52.0 Å². The van der Waals surface area contributed by atoms with Crippen molar-refractivity contribution >= 4 is 23.6 Å². The molecule has 0 rings (SSSR count). The first-order valence-electron chi connectivity index (χ1n) is 6.73. The van der Waals surface area contributed by atoms with Crippen LogP contribution in [-0.2, 0) is 14.4 Å². The lowest BCUT2D eigenvalue weighted by Gasteiger charge is -2.05. The standard InChI is InChI=1S/C7H15N3O2.C6H10O3/c8-5(7(11)12)3-1-2-4-6(9)10;1-3-4(2)5(7)6(8)9/h5H,1-4,8H2,(H3,9,10)(H,11,12);4H,3H2,1-2H3,(H,8,9)/t5-;/m0./s1. The zero-order valence-electron chi connectivity index (χ0n) is 12.5. The molecule has 0 aliphatic rings. The van der Waals surface area contributed by atoms with Gasteiger partial charge in [-0.3, -0.25) is 20.7 Å². The van der Waals surface area contributed by atoms with Gasteiger partial charge < -0.3 is 20.7 Å². The van der Waals surface area contributed by atoms with Crippen LogP contribution in [0.4, 0.5) is 0 Å². The van der Waals surface area contributed by atoms with Crippen molar-refractivity contribution in [2.75, 3.05) is 0 Å².